The van der Waals surface area contributed by atoms with E-state index in [9.17, 15) is 38.7 Å². The Morgan fingerprint density at radius 3 is 1.65 bits per heavy atom. The van der Waals surface area contributed by atoms with Crippen LogP contribution in [0.5, 0.6) is 0 Å². The summed E-state index contributed by atoms with van der Waals surface area (Å²) in [6.07, 6.45) is 17.1. The van der Waals surface area contributed by atoms with Gasteiger partial charge in [0.05, 0.1) is 43.3 Å². The number of ether oxygens (including phenoxy) is 4. The quantitative estimate of drug-likeness (QED) is 0.0301. The largest absolute Gasteiger partial charge is 0.481 e. The molecule has 9 rings (SSSR count). The van der Waals surface area contributed by atoms with Gasteiger partial charge in [0.2, 0.25) is 5.91 Å². The Kier molecular flexibility index (Phi) is 34.8. The molecule has 524 valence electrons. The zero-order valence-corrected chi connectivity index (χ0v) is 61.4. The second kappa shape index (κ2) is 39.8. The topological polar surface area (TPSA) is 251 Å². The van der Waals surface area contributed by atoms with E-state index >= 15 is 0 Å². The van der Waals surface area contributed by atoms with Gasteiger partial charge in [0.25, 0.3) is 0 Å². The summed E-state index contributed by atoms with van der Waals surface area (Å²) in [6, 6.07) is 33.6. The number of fused-ring (bicyclic) bond motifs is 5. The van der Waals surface area contributed by atoms with Gasteiger partial charge in [-0.2, -0.15) is 0 Å². The van der Waals surface area contributed by atoms with Gasteiger partial charge in [0.15, 0.2) is 0 Å². The molecular weight excluding hydrogens is 1320 g/mol. The van der Waals surface area contributed by atoms with E-state index in [1.54, 1.807) is 38.8 Å². The third-order valence-electron chi connectivity index (χ3n) is 16.9. The van der Waals surface area contributed by atoms with Crippen LogP contribution in [0, 0.1) is 28.6 Å². The summed E-state index contributed by atoms with van der Waals surface area (Å²) in [6.45, 7) is 27.2. The van der Waals surface area contributed by atoms with Crippen LogP contribution in [0.15, 0.2) is 133 Å². The van der Waals surface area contributed by atoms with E-state index in [1.165, 1.54) is 48.1 Å². The first-order chi connectivity index (χ1) is 44.5. The van der Waals surface area contributed by atoms with Crippen LogP contribution in [0.3, 0.4) is 0 Å². The van der Waals surface area contributed by atoms with E-state index < -0.39 is 35.1 Å². The van der Waals surface area contributed by atoms with Crippen LogP contribution in [0.25, 0.3) is 5.57 Å². The lowest BCUT2D eigenvalue weighted by atomic mass is 9.47. The smallest absolute Gasteiger partial charge is 0.326 e. The molecule has 4 aromatic rings. The van der Waals surface area contributed by atoms with Crippen LogP contribution in [0.1, 0.15) is 208 Å². The van der Waals surface area contributed by atoms with Gasteiger partial charge in [0, 0.05) is 30.9 Å². The Bertz CT molecular complexity index is 3080. The molecule has 1 aliphatic heterocycles. The summed E-state index contributed by atoms with van der Waals surface area (Å²) in [4.78, 5) is 83.1. The number of rotatable bonds is 14. The molecule has 17 nitrogen and oxygen atoms in total. The summed E-state index contributed by atoms with van der Waals surface area (Å²) < 4.78 is 19.5. The van der Waals surface area contributed by atoms with Gasteiger partial charge in [-0.25, -0.2) is 0 Å². The molecule has 0 radical (unpaired) electrons. The first-order valence-electron chi connectivity index (χ1n) is 32.7. The van der Waals surface area contributed by atoms with Gasteiger partial charge < -0.3 is 45.1 Å². The number of nitrogens with zero attached hydrogens (tertiary/aromatic N) is 2. The molecule has 9 atom stereocenters. The Morgan fingerprint density at radius 1 is 0.695 bits per heavy atom. The van der Waals surface area contributed by atoms with E-state index in [0.717, 1.165) is 41.7 Å². The fraction of sp³-hybridized carbons (Fsp3) is 0.547. The summed E-state index contributed by atoms with van der Waals surface area (Å²) >= 11 is 12.5. The van der Waals surface area contributed by atoms with Crippen LogP contribution in [-0.4, -0.2) is 108 Å². The van der Waals surface area contributed by atoms with E-state index in [1.807, 2.05) is 159 Å². The second-order valence-corrected chi connectivity index (χ2v) is 29.1. The Hall–Kier alpha value is -6.28. The predicted molar refractivity (Wildman–Crippen MR) is 379 cm³/mol. The molecule has 3 unspecified atom stereocenters. The van der Waals surface area contributed by atoms with E-state index in [4.69, 9.17) is 48.3 Å². The lowest BCUT2D eigenvalue weighted by Crippen LogP contribution is -2.49. The highest BCUT2D eigenvalue weighted by molar-refractivity contribution is 9.09. The SMILES string of the molecule is CC(C)(C)OC(=O)CBr.CC(N)c1ccccc1.CC(NCC(=O)OC(C)(C)C)c1ccccc1.CC(c1ccccc1)N(CC(=O)OC(C)(C)C)C(=O)CCC(=O)O.C[C@]12CC[C@H](O)CC1=CC[C@@H]1[C@@H]2CC[C@]2(C)C(c3cccnc3)=CC[C@@H]12.ClCCl.O=C1CCC(=O)O1. The number of esters is 5. The fourth-order valence-corrected chi connectivity index (χ4v) is 12.5. The first-order valence-corrected chi connectivity index (χ1v) is 34.9. The number of hydrogen-bond donors (Lipinski definition) is 4. The van der Waals surface area contributed by atoms with Crippen molar-refractivity contribution in [2.45, 2.75) is 209 Å². The highest BCUT2D eigenvalue weighted by atomic mass is 79.9. The Morgan fingerprint density at radius 2 is 1.20 bits per heavy atom. The normalized spacial score (nSPS) is 21.6. The molecule has 2 heterocycles. The lowest BCUT2D eigenvalue weighted by molar-refractivity contribution is -0.160. The van der Waals surface area contributed by atoms with Crippen molar-refractivity contribution < 1.29 is 62.7 Å². The molecule has 2 saturated carbocycles. The molecular formula is C75H105BrCl2N4O13. The maximum absolute atomic E-state index is 12.4. The number of hydrogen-bond acceptors (Lipinski definition) is 15. The Labute approximate surface area is 583 Å². The molecule has 1 amide bonds. The van der Waals surface area contributed by atoms with Crippen molar-refractivity contribution in [2.24, 2.45) is 34.3 Å². The van der Waals surface area contributed by atoms with Crippen molar-refractivity contribution in [3.8, 4) is 0 Å². The summed E-state index contributed by atoms with van der Waals surface area (Å²) in [7, 11) is 0. The minimum absolute atomic E-state index is 0.106. The van der Waals surface area contributed by atoms with Crippen molar-refractivity contribution >= 4 is 86.4 Å². The fourth-order valence-electron chi connectivity index (χ4n) is 12.4. The third kappa shape index (κ3) is 29.5. The molecule has 4 aliphatic carbocycles. The number of cyclic esters (lactones) is 2. The number of carboxylic acids is 1. The molecule has 3 aromatic carbocycles. The molecule has 0 spiro atoms. The standard InChI is InChI=1S/C24H31NO.C18H25NO5.C14H21NO2.C8H11N.C6H11BrO2.C4H4O3.CH2Cl2/c1-23-11-9-18(26)14-17(23)5-6-19-21-8-7-20(16-4-3-13-25-15-16)24(21,2)12-10-22(19)23;1-13(14-8-6-5-7-9-14)19(15(20)10-11-16(21)22)12-17(23)24-18(2,3)4;1-11(12-8-6-5-7-9-12)15-10-13(16)17-14(2,3)4;1-7(9)8-5-3-2-4-6-8;1-6(2,3)9-5(8)4-7;5-3-1-2-4(6)7-3;2-1-3/h3-5,7,13,15,18-19,21-22,26H,6,8-12,14H2,1-2H3;5-9,13H,10-12H2,1-4H3,(H,21,22);5-9,11,15H,10H2,1-4H3;2-7H,9H2,1H3;4H2,1-3H3;1-2H2;1H2/t18-,19-,21-,22-,23-,24+;;;;;;/m0....../s1. The number of aromatic nitrogens is 1. The lowest BCUT2D eigenvalue weighted by Gasteiger charge is -2.57. The van der Waals surface area contributed by atoms with Gasteiger partial charge >= 0.3 is 35.8 Å². The molecule has 1 aromatic heterocycles. The highest BCUT2D eigenvalue weighted by Crippen LogP contribution is 2.66. The van der Waals surface area contributed by atoms with Gasteiger partial charge in [-0.1, -0.05) is 145 Å². The third-order valence-corrected chi connectivity index (χ3v) is 17.3. The van der Waals surface area contributed by atoms with E-state index in [2.05, 4.69) is 69.1 Å². The summed E-state index contributed by atoms with van der Waals surface area (Å²) in [5.41, 5.74) is 12.5. The van der Waals surface area contributed by atoms with Crippen molar-refractivity contribution in [3.05, 3.63) is 156 Å². The predicted octanol–water partition coefficient (Wildman–Crippen LogP) is 15.6. The average molecular weight is 1420 g/mol. The number of halogens is 3. The second-order valence-electron chi connectivity index (χ2n) is 27.8. The number of pyridine rings is 1. The highest BCUT2D eigenvalue weighted by Gasteiger charge is 2.57. The van der Waals surface area contributed by atoms with Crippen LogP contribution in [0.2, 0.25) is 0 Å². The number of benzene rings is 3. The molecule has 3 fully saturated rings. The van der Waals surface area contributed by atoms with Crippen LogP contribution < -0.4 is 11.1 Å². The van der Waals surface area contributed by atoms with Crippen molar-refractivity contribution in [1.82, 2.24) is 15.2 Å². The molecule has 95 heavy (non-hydrogen) atoms. The number of aliphatic carboxylic acids is 1. The maximum Gasteiger partial charge on any atom is 0.326 e. The molecule has 0 bridgehead atoms. The average Bonchev–Trinajstić information content (AvgIpc) is 1.67. The van der Waals surface area contributed by atoms with Gasteiger partial charge in [0.1, 0.15) is 28.7 Å². The minimum Gasteiger partial charge on any atom is -0.481 e. The number of amides is 1. The maximum atomic E-state index is 12.4. The van der Waals surface area contributed by atoms with Crippen molar-refractivity contribution in [2.75, 3.05) is 23.8 Å². The molecule has 1 saturated heterocycles. The number of carboxylic acid groups (broad SMARTS) is 1. The van der Waals surface area contributed by atoms with E-state index in [0.29, 0.717) is 10.8 Å². The van der Waals surface area contributed by atoms with Crippen LogP contribution >= 0.6 is 39.1 Å². The number of nitrogens with two attached hydrogens (primary N) is 1. The summed E-state index contributed by atoms with van der Waals surface area (Å²) in [5, 5.41) is 22.5. The zero-order chi connectivity index (χ0) is 71.3. The minimum atomic E-state index is -1.05. The van der Waals surface area contributed by atoms with Gasteiger partial charge in [-0.15, -0.1) is 23.2 Å². The monoisotopic (exact) mass is 1420 g/mol. The first kappa shape index (κ1) is 82.9. The van der Waals surface area contributed by atoms with Crippen LogP contribution in [-0.2, 0) is 52.5 Å². The molecule has 5 aliphatic rings. The summed E-state index contributed by atoms with van der Waals surface area (Å²) in [5.74, 6) is -0.838. The number of aliphatic hydroxyl groups is 1. The number of nitrogens with one attached hydrogen (secondary N) is 1. The zero-order valence-electron chi connectivity index (χ0n) is 58.3. The van der Waals surface area contributed by atoms with Crippen molar-refractivity contribution in [1.29, 1.82) is 0 Å². The van der Waals surface area contributed by atoms with Gasteiger partial charge in [-0.05, 0) is 191 Å². The number of allylic oxidation sites excluding steroid dienone is 3. The number of aliphatic hydroxyl groups excluding tert-OH is 1. The van der Waals surface area contributed by atoms with Crippen LogP contribution in [0.4, 0.5) is 0 Å². The van der Waals surface area contributed by atoms with Crippen molar-refractivity contribution in [3.63, 3.8) is 0 Å². The Balaban J connectivity index is 0.000000313. The molecule has 5 N–H and O–H groups in total. The van der Waals surface area contributed by atoms with Gasteiger partial charge in [-0.3, -0.25) is 38.5 Å². The number of alkyl halides is 3. The number of carbonyl (C=O) groups excluding carboxylic acids is 6. The molecule has 20 heteroatoms. The van der Waals surface area contributed by atoms with E-state index in [-0.39, 0.29) is 97.1 Å². The number of carbonyl (C=O) groups is 7.